The van der Waals surface area contributed by atoms with E-state index in [9.17, 15) is 4.79 Å². The fourth-order valence-electron chi connectivity index (χ4n) is 2.07. The molecule has 17 heavy (non-hydrogen) atoms. The third-order valence-corrected chi connectivity index (χ3v) is 3.38. The van der Waals surface area contributed by atoms with Crippen molar-refractivity contribution < 1.29 is 9.53 Å². The number of nitrogens with zero attached hydrogens (tertiary/aromatic N) is 3. The number of rotatable bonds is 2. The number of imidazole rings is 1. The molecule has 0 radical (unpaired) electrons. The van der Waals surface area contributed by atoms with E-state index < -0.39 is 0 Å². The van der Waals surface area contributed by atoms with E-state index in [1.54, 1.807) is 6.33 Å². The summed E-state index contributed by atoms with van der Waals surface area (Å²) in [7, 11) is 0. The van der Waals surface area contributed by atoms with Gasteiger partial charge in [0.25, 0.3) is 0 Å². The Morgan fingerprint density at radius 2 is 2.06 bits per heavy atom. The Morgan fingerprint density at radius 1 is 1.41 bits per heavy atom. The molecule has 94 valence electrons. The van der Waals surface area contributed by atoms with Gasteiger partial charge in [0.05, 0.1) is 25.2 Å². The second kappa shape index (κ2) is 4.87. The summed E-state index contributed by atoms with van der Waals surface area (Å²) in [6.45, 7) is 8.53. The van der Waals surface area contributed by atoms with Crippen LogP contribution in [0.1, 0.15) is 24.4 Å². The van der Waals surface area contributed by atoms with Gasteiger partial charge in [0, 0.05) is 18.8 Å². The number of aromatic nitrogens is 2. The smallest absolute Gasteiger partial charge is 0.245 e. The average molecular weight is 237 g/mol. The maximum absolute atomic E-state index is 12.3. The molecule has 1 saturated heterocycles. The number of morpholine rings is 1. The Morgan fingerprint density at radius 3 is 2.59 bits per heavy atom. The van der Waals surface area contributed by atoms with Crippen LogP contribution in [0.4, 0.5) is 0 Å². The van der Waals surface area contributed by atoms with Gasteiger partial charge in [0.1, 0.15) is 6.04 Å². The molecule has 1 aromatic rings. The molecule has 2 rings (SSSR count). The first-order chi connectivity index (χ1) is 8.11. The van der Waals surface area contributed by atoms with Crippen molar-refractivity contribution in [3.05, 3.63) is 17.7 Å². The van der Waals surface area contributed by atoms with Gasteiger partial charge in [0.15, 0.2) is 0 Å². The highest BCUT2D eigenvalue weighted by Gasteiger charge is 2.24. The first-order valence-electron chi connectivity index (χ1n) is 5.98. The van der Waals surface area contributed by atoms with Crippen LogP contribution in [0.2, 0.25) is 0 Å². The zero-order valence-electron chi connectivity index (χ0n) is 10.6. The first kappa shape index (κ1) is 12.1. The lowest BCUT2D eigenvalue weighted by Gasteiger charge is -2.29. The summed E-state index contributed by atoms with van der Waals surface area (Å²) in [6, 6.07) is -0.186. The molecule has 1 amide bonds. The number of carbonyl (C=O) groups excluding carboxylic acids is 1. The molecule has 5 heteroatoms. The number of hydrogen-bond acceptors (Lipinski definition) is 3. The lowest BCUT2D eigenvalue weighted by atomic mass is 10.2. The van der Waals surface area contributed by atoms with Crippen LogP contribution in [0.5, 0.6) is 0 Å². The van der Waals surface area contributed by atoms with Crippen LogP contribution >= 0.6 is 0 Å². The molecule has 1 unspecified atom stereocenters. The molecular weight excluding hydrogens is 218 g/mol. The van der Waals surface area contributed by atoms with E-state index in [2.05, 4.69) is 4.98 Å². The van der Waals surface area contributed by atoms with Gasteiger partial charge < -0.3 is 14.2 Å². The second-order valence-corrected chi connectivity index (χ2v) is 4.44. The standard InChI is InChI=1S/C12H19N3O2/c1-9-10(2)15(8-13-9)11(3)12(16)14-4-6-17-7-5-14/h8,11H,4-7H2,1-3H3. The summed E-state index contributed by atoms with van der Waals surface area (Å²) in [6.07, 6.45) is 1.74. The molecule has 0 bridgehead atoms. The van der Waals surface area contributed by atoms with Crippen molar-refractivity contribution in [2.45, 2.75) is 26.8 Å². The molecule has 0 aliphatic carbocycles. The quantitative estimate of drug-likeness (QED) is 0.768. The van der Waals surface area contributed by atoms with Crippen LogP contribution in [0.25, 0.3) is 0 Å². The minimum absolute atomic E-state index is 0.147. The van der Waals surface area contributed by atoms with Gasteiger partial charge in [0.2, 0.25) is 5.91 Å². The average Bonchev–Trinajstić information content (AvgIpc) is 2.69. The van der Waals surface area contributed by atoms with Gasteiger partial charge in [-0.2, -0.15) is 0 Å². The van der Waals surface area contributed by atoms with Crippen molar-refractivity contribution >= 4 is 5.91 Å². The Labute approximate surface area is 101 Å². The van der Waals surface area contributed by atoms with Crippen molar-refractivity contribution in [3.8, 4) is 0 Å². The molecule has 1 fully saturated rings. The van der Waals surface area contributed by atoms with E-state index >= 15 is 0 Å². The molecule has 1 aliphatic rings. The molecule has 2 heterocycles. The summed E-state index contributed by atoms with van der Waals surface area (Å²) in [4.78, 5) is 18.4. The summed E-state index contributed by atoms with van der Waals surface area (Å²) in [5, 5.41) is 0. The van der Waals surface area contributed by atoms with E-state index in [0.717, 1.165) is 11.4 Å². The monoisotopic (exact) mass is 237 g/mol. The Hall–Kier alpha value is -1.36. The number of hydrogen-bond donors (Lipinski definition) is 0. The number of ether oxygens (including phenoxy) is 1. The maximum atomic E-state index is 12.3. The largest absolute Gasteiger partial charge is 0.378 e. The van der Waals surface area contributed by atoms with Gasteiger partial charge >= 0.3 is 0 Å². The van der Waals surface area contributed by atoms with E-state index in [1.165, 1.54) is 0 Å². The highest BCUT2D eigenvalue weighted by atomic mass is 16.5. The molecule has 0 saturated carbocycles. The molecule has 0 aromatic carbocycles. The van der Waals surface area contributed by atoms with Crippen molar-refractivity contribution in [2.24, 2.45) is 0 Å². The molecule has 1 atom stereocenters. The minimum Gasteiger partial charge on any atom is -0.378 e. The van der Waals surface area contributed by atoms with Crippen molar-refractivity contribution in [2.75, 3.05) is 26.3 Å². The molecule has 0 spiro atoms. The van der Waals surface area contributed by atoms with Crippen LogP contribution in [0.15, 0.2) is 6.33 Å². The van der Waals surface area contributed by atoms with E-state index in [-0.39, 0.29) is 11.9 Å². The molecule has 1 aromatic heterocycles. The molecule has 1 aliphatic heterocycles. The lowest BCUT2D eigenvalue weighted by Crippen LogP contribution is -2.43. The predicted octanol–water partition coefficient (Wildman–Crippen LogP) is 0.920. The topological polar surface area (TPSA) is 47.4 Å². The van der Waals surface area contributed by atoms with Gasteiger partial charge in [-0.15, -0.1) is 0 Å². The van der Waals surface area contributed by atoms with Gasteiger partial charge in [-0.05, 0) is 20.8 Å². The third-order valence-electron chi connectivity index (χ3n) is 3.38. The fraction of sp³-hybridized carbons (Fsp3) is 0.667. The Kier molecular flexibility index (Phi) is 3.47. The lowest BCUT2D eigenvalue weighted by molar-refractivity contribution is -0.138. The minimum atomic E-state index is -0.186. The number of aryl methyl sites for hydroxylation is 1. The van der Waals surface area contributed by atoms with Crippen molar-refractivity contribution in [1.82, 2.24) is 14.5 Å². The van der Waals surface area contributed by atoms with Crippen molar-refractivity contribution in [1.29, 1.82) is 0 Å². The van der Waals surface area contributed by atoms with Gasteiger partial charge in [-0.3, -0.25) is 4.79 Å². The van der Waals surface area contributed by atoms with Crippen LogP contribution in [0, 0.1) is 13.8 Å². The first-order valence-corrected chi connectivity index (χ1v) is 5.98. The van der Waals surface area contributed by atoms with Gasteiger partial charge in [-0.25, -0.2) is 4.98 Å². The van der Waals surface area contributed by atoms with E-state index in [1.807, 2.05) is 30.2 Å². The predicted molar refractivity (Wildman–Crippen MR) is 63.8 cm³/mol. The van der Waals surface area contributed by atoms with Crippen LogP contribution in [0.3, 0.4) is 0 Å². The maximum Gasteiger partial charge on any atom is 0.245 e. The summed E-state index contributed by atoms with van der Waals surface area (Å²) >= 11 is 0. The number of carbonyl (C=O) groups is 1. The normalized spacial score (nSPS) is 18.2. The highest BCUT2D eigenvalue weighted by molar-refractivity contribution is 5.80. The van der Waals surface area contributed by atoms with E-state index in [0.29, 0.717) is 26.3 Å². The fourth-order valence-corrected chi connectivity index (χ4v) is 2.07. The van der Waals surface area contributed by atoms with Gasteiger partial charge in [-0.1, -0.05) is 0 Å². The second-order valence-electron chi connectivity index (χ2n) is 4.44. The third kappa shape index (κ3) is 2.34. The molecular formula is C12H19N3O2. The summed E-state index contributed by atoms with van der Waals surface area (Å²) in [5.41, 5.74) is 2.03. The Bertz CT molecular complexity index is 408. The number of amides is 1. The van der Waals surface area contributed by atoms with Crippen molar-refractivity contribution in [3.63, 3.8) is 0 Å². The zero-order valence-corrected chi connectivity index (χ0v) is 10.6. The summed E-state index contributed by atoms with van der Waals surface area (Å²) < 4.78 is 7.19. The molecule has 5 nitrogen and oxygen atoms in total. The molecule has 0 N–H and O–H groups in total. The van der Waals surface area contributed by atoms with Crippen LogP contribution < -0.4 is 0 Å². The zero-order chi connectivity index (χ0) is 12.4. The van der Waals surface area contributed by atoms with E-state index in [4.69, 9.17) is 4.74 Å². The van der Waals surface area contributed by atoms with Crippen LogP contribution in [-0.4, -0.2) is 46.7 Å². The Balaban J connectivity index is 2.11. The summed E-state index contributed by atoms with van der Waals surface area (Å²) in [5.74, 6) is 0.147. The SMILES string of the molecule is Cc1ncn(C(C)C(=O)N2CCOCC2)c1C. The highest BCUT2D eigenvalue weighted by Crippen LogP contribution is 2.15. The van der Waals surface area contributed by atoms with Crippen LogP contribution in [-0.2, 0) is 9.53 Å².